The zero-order chi connectivity index (χ0) is 15.5. The van der Waals surface area contributed by atoms with Crippen molar-refractivity contribution < 1.29 is 12.6 Å². The van der Waals surface area contributed by atoms with Crippen LogP contribution in [-0.4, -0.2) is 22.5 Å². The van der Waals surface area contributed by atoms with Gasteiger partial charge < -0.3 is 4.90 Å². The lowest BCUT2D eigenvalue weighted by Crippen LogP contribution is -2.13. The number of hydrogen-bond acceptors (Lipinski definition) is 4. The molecule has 2 aromatic rings. The average Bonchev–Trinajstić information content (AvgIpc) is 2.46. The van der Waals surface area contributed by atoms with E-state index in [1.165, 1.54) is 0 Å². The molecule has 112 valence electrons. The molecule has 0 aliphatic carbocycles. The van der Waals surface area contributed by atoms with Crippen molar-refractivity contribution in [3.63, 3.8) is 0 Å². The van der Waals surface area contributed by atoms with Crippen LogP contribution in [0.3, 0.4) is 0 Å². The van der Waals surface area contributed by atoms with E-state index in [1.54, 1.807) is 24.3 Å². The van der Waals surface area contributed by atoms with E-state index in [2.05, 4.69) is 0 Å². The van der Waals surface area contributed by atoms with Gasteiger partial charge in [0, 0.05) is 25.3 Å². The molecule has 0 bridgehead atoms. The number of para-hydroxylation sites is 1. The van der Waals surface area contributed by atoms with Gasteiger partial charge in [0.2, 0.25) is 0 Å². The number of anilines is 1. The van der Waals surface area contributed by atoms with E-state index >= 15 is 0 Å². The fourth-order valence-corrected chi connectivity index (χ4v) is 2.87. The summed E-state index contributed by atoms with van der Waals surface area (Å²) in [6.07, 6.45) is 0. The lowest BCUT2D eigenvalue weighted by Gasteiger charge is -2.17. The van der Waals surface area contributed by atoms with Gasteiger partial charge in [0.05, 0.1) is 11.5 Å². The highest BCUT2D eigenvalue weighted by molar-refractivity contribution is 7.86. The van der Waals surface area contributed by atoms with Gasteiger partial charge >= 0.3 is 0 Å². The normalized spacial score (nSPS) is 11.4. The fraction of sp³-hybridized carbons (Fsp3) is 0.250. The number of benzene rings is 2. The Hall–Kier alpha value is -1.85. The molecular weight excluding hydrogens is 286 g/mol. The molecule has 0 N–H and O–H groups in total. The zero-order valence-electron chi connectivity index (χ0n) is 12.4. The van der Waals surface area contributed by atoms with Gasteiger partial charge in [-0.1, -0.05) is 35.9 Å². The third kappa shape index (κ3) is 3.83. The Balaban J connectivity index is 2.18. The van der Waals surface area contributed by atoms with Crippen molar-refractivity contribution in [3.05, 3.63) is 59.7 Å². The minimum atomic E-state index is -3.74. The number of aryl methyl sites for hydroxylation is 1. The highest BCUT2D eigenvalue weighted by Crippen LogP contribution is 2.21. The number of nitrogens with zero attached hydrogens (tertiary/aromatic N) is 1. The lowest BCUT2D eigenvalue weighted by atomic mass is 10.2. The molecule has 5 heteroatoms. The first-order valence-electron chi connectivity index (χ1n) is 6.61. The van der Waals surface area contributed by atoms with Gasteiger partial charge in [0.1, 0.15) is 0 Å². The maximum Gasteiger partial charge on any atom is 0.297 e. The van der Waals surface area contributed by atoms with Crippen molar-refractivity contribution in [2.24, 2.45) is 0 Å². The number of rotatable bonds is 5. The van der Waals surface area contributed by atoms with E-state index in [4.69, 9.17) is 4.18 Å². The Morgan fingerprint density at radius 3 is 2.24 bits per heavy atom. The summed E-state index contributed by atoms with van der Waals surface area (Å²) in [6, 6.07) is 14.2. The third-order valence-electron chi connectivity index (χ3n) is 3.15. The van der Waals surface area contributed by atoms with Crippen LogP contribution in [0.5, 0.6) is 0 Å². The molecule has 0 unspecified atom stereocenters. The molecule has 0 aliphatic rings. The van der Waals surface area contributed by atoms with Gasteiger partial charge in [-0.05, 0) is 25.1 Å². The maximum atomic E-state index is 12.2. The van der Waals surface area contributed by atoms with E-state index < -0.39 is 10.1 Å². The van der Waals surface area contributed by atoms with E-state index in [0.717, 1.165) is 16.8 Å². The van der Waals surface area contributed by atoms with Crippen molar-refractivity contribution >= 4 is 15.8 Å². The van der Waals surface area contributed by atoms with Gasteiger partial charge in [-0.25, -0.2) is 0 Å². The van der Waals surface area contributed by atoms with E-state index in [1.807, 2.05) is 50.2 Å². The first-order chi connectivity index (χ1) is 9.90. The molecule has 0 aliphatic heterocycles. The minimum Gasteiger partial charge on any atom is -0.377 e. The van der Waals surface area contributed by atoms with Crippen molar-refractivity contribution in [2.45, 2.75) is 18.4 Å². The smallest absolute Gasteiger partial charge is 0.297 e. The first kappa shape index (κ1) is 15.5. The van der Waals surface area contributed by atoms with Gasteiger partial charge in [-0.2, -0.15) is 8.42 Å². The van der Waals surface area contributed by atoms with E-state index in [-0.39, 0.29) is 11.5 Å². The molecule has 0 aromatic heterocycles. The molecule has 2 rings (SSSR count). The Labute approximate surface area is 126 Å². The lowest BCUT2D eigenvalue weighted by molar-refractivity contribution is 0.308. The summed E-state index contributed by atoms with van der Waals surface area (Å²) < 4.78 is 29.5. The molecule has 4 nitrogen and oxygen atoms in total. The van der Waals surface area contributed by atoms with Crippen molar-refractivity contribution in [2.75, 3.05) is 19.0 Å². The maximum absolute atomic E-state index is 12.2. The van der Waals surface area contributed by atoms with Gasteiger partial charge in [0.15, 0.2) is 0 Å². The monoisotopic (exact) mass is 305 g/mol. The molecule has 2 aromatic carbocycles. The summed E-state index contributed by atoms with van der Waals surface area (Å²) in [5.74, 6) is 0. The highest BCUT2D eigenvalue weighted by Gasteiger charge is 2.16. The molecule has 0 heterocycles. The van der Waals surface area contributed by atoms with Gasteiger partial charge in [0.25, 0.3) is 10.1 Å². The Morgan fingerprint density at radius 1 is 1.00 bits per heavy atom. The third-order valence-corrected chi connectivity index (χ3v) is 4.43. The molecule has 0 atom stereocenters. The summed E-state index contributed by atoms with van der Waals surface area (Å²) in [5.41, 5.74) is 2.78. The predicted octanol–water partition coefficient (Wildman–Crippen LogP) is 2.97. The quantitative estimate of drug-likeness (QED) is 0.797. The van der Waals surface area contributed by atoms with Gasteiger partial charge in [-0.15, -0.1) is 0 Å². The summed E-state index contributed by atoms with van der Waals surface area (Å²) in [7, 11) is 0.0838. The second-order valence-corrected chi connectivity index (χ2v) is 6.67. The Bertz CT molecular complexity index is 707. The van der Waals surface area contributed by atoms with Crippen LogP contribution in [0.1, 0.15) is 11.1 Å². The van der Waals surface area contributed by atoms with Crippen LogP contribution in [0.15, 0.2) is 53.4 Å². The van der Waals surface area contributed by atoms with Crippen LogP contribution in [0, 0.1) is 6.92 Å². The minimum absolute atomic E-state index is 0.0184. The molecule has 0 radical (unpaired) electrons. The molecule has 0 saturated heterocycles. The predicted molar refractivity (Wildman–Crippen MR) is 83.9 cm³/mol. The molecule has 21 heavy (non-hydrogen) atoms. The standard InChI is InChI=1S/C16H19NO3S/c1-13-8-10-15(11-9-13)21(18,19)20-12-14-6-4-5-7-16(14)17(2)3/h4-11H,12H2,1-3H3. The van der Waals surface area contributed by atoms with Crippen molar-refractivity contribution in [1.82, 2.24) is 0 Å². The summed E-state index contributed by atoms with van der Waals surface area (Å²) in [4.78, 5) is 2.10. The molecule has 0 spiro atoms. The van der Waals surface area contributed by atoms with Crippen LogP contribution in [-0.2, 0) is 20.9 Å². The van der Waals surface area contributed by atoms with E-state index in [9.17, 15) is 8.42 Å². The molecule has 0 amide bonds. The molecule has 0 fully saturated rings. The second kappa shape index (κ2) is 6.28. The molecular formula is C16H19NO3S. The summed E-state index contributed by atoms with van der Waals surface area (Å²) in [5, 5.41) is 0. The van der Waals surface area contributed by atoms with Crippen LogP contribution in [0.25, 0.3) is 0 Å². The molecule has 0 saturated carbocycles. The topological polar surface area (TPSA) is 46.6 Å². The van der Waals surface area contributed by atoms with Crippen molar-refractivity contribution in [1.29, 1.82) is 0 Å². The Kier molecular flexibility index (Phi) is 4.65. The van der Waals surface area contributed by atoms with Crippen molar-refractivity contribution in [3.8, 4) is 0 Å². The van der Waals surface area contributed by atoms with E-state index in [0.29, 0.717) is 0 Å². The first-order valence-corrected chi connectivity index (χ1v) is 8.02. The summed E-state index contributed by atoms with van der Waals surface area (Å²) >= 11 is 0. The number of hydrogen-bond donors (Lipinski definition) is 0. The highest BCUT2D eigenvalue weighted by atomic mass is 32.2. The SMILES string of the molecule is Cc1ccc(S(=O)(=O)OCc2ccccc2N(C)C)cc1. The zero-order valence-corrected chi connectivity index (χ0v) is 13.2. The van der Waals surface area contributed by atoms with Crippen LogP contribution in [0.4, 0.5) is 5.69 Å². The van der Waals surface area contributed by atoms with Crippen LogP contribution >= 0.6 is 0 Å². The fourth-order valence-electron chi connectivity index (χ4n) is 1.98. The van der Waals surface area contributed by atoms with Crippen LogP contribution < -0.4 is 4.90 Å². The van der Waals surface area contributed by atoms with Gasteiger partial charge in [-0.3, -0.25) is 4.18 Å². The average molecular weight is 305 g/mol. The largest absolute Gasteiger partial charge is 0.377 e. The second-order valence-electron chi connectivity index (χ2n) is 5.05. The van der Waals surface area contributed by atoms with Crippen LogP contribution in [0.2, 0.25) is 0 Å². The summed E-state index contributed by atoms with van der Waals surface area (Å²) in [6.45, 7) is 1.93. The Morgan fingerprint density at radius 2 is 1.62 bits per heavy atom.